The first kappa shape index (κ1) is 19.5. The molecule has 27 heavy (non-hydrogen) atoms. The van der Waals surface area contributed by atoms with Gasteiger partial charge < -0.3 is 4.74 Å². The van der Waals surface area contributed by atoms with Gasteiger partial charge in [-0.05, 0) is 62.2 Å². The van der Waals surface area contributed by atoms with Gasteiger partial charge in [0.25, 0.3) is 0 Å². The van der Waals surface area contributed by atoms with Crippen LogP contribution in [0.3, 0.4) is 0 Å². The maximum absolute atomic E-state index is 14.0. The van der Waals surface area contributed by atoms with Crippen LogP contribution in [0, 0.1) is 0 Å². The minimum atomic E-state index is -4.55. The fourth-order valence-corrected chi connectivity index (χ4v) is 3.46. The van der Waals surface area contributed by atoms with Gasteiger partial charge in [-0.2, -0.15) is 18.2 Å². The van der Waals surface area contributed by atoms with Crippen molar-refractivity contribution >= 4 is 16.7 Å². The highest BCUT2D eigenvalue weighted by Gasteiger charge is 2.52. The Morgan fingerprint density at radius 1 is 1.11 bits per heavy atom. The monoisotopic (exact) mass is 380 g/mol. The zero-order valence-electron chi connectivity index (χ0n) is 15.7. The second-order valence-electron chi connectivity index (χ2n) is 7.77. The summed E-state index contributed by atoms with van der Waals surface area (Å²) in [5, 5.41) is 2.49. The largest absolute Gasteiger partial charge is 0.491 e. The Hall–Kier alpha value is -2.28. The number of amides is 1. The van der Waals surface area contributed by atoms with Gasteiger partial charge >= 0.3 is 6.18 Å². The average molecular weight is 380 g/mol. The summed E-state index contributed by atoms with van der Waals surface area (Å²) in [7, 11) is 0. The average Bonchev–Trinajstić information content (AvgIpc) is 2.77. The number of alkyl halides is 3. The number of fused-ring (bicyclic) bond motifs is 1. The lowest BCUT2D eigenvalue weighted by molar-refractivity contribution is -0.203. The third-order valence-electron chi connectivity index (χ3n) is 4.58. The molecule has 1 fully saturated rings. The van der Waals surface area contributed by atoms with Crippen molar-refractivity contribution in [1.82, 2.24) is 10.4 Å². The van der Waals surface area contributed by atoms with Crippen molar-refractivity contribution in [2.45, 2.75) is 58.0 Å². The van der Waals surface area contributed by atoms with Gasteiger partial charge in [0.05, 0.1) is 6.10 Å². The van der Waals surface area contributed by atoms with E-state index in [0.29, 0.717) is 11.1 Å². The standard InChI is InChI=1S/C20H23F3N2O2/c1-12(2)27-16-8-7-13-5-6-14(9-15(13)10-16)18(20(21,22)23)25-19(3,4)11-17(26)24-25/h5-10,12,18H,11H2,1-4H3,(H,24,26)/t18-/m0/s1. The number of nitrogens with zero attached hydrogens (tertiary/aromatic N) is 1. The van der Waals surface area contributed by atoms with E-state index < -0.39 is 23.7 Å². The van der Waals surface area contributed by atoms with Gasteiger partial charge in [0.15, 0.2) is 6.04 Å². The molecule has 4 nitrogen and oxygen atoms in total. The van der Waals surface area contributed by atoms with Gasteiger partial charge in [0.2, 0.25) is 5.91 Å². The van der Waals surface area contributed by atoms with E-state index in [-0.39, 0.29) is 18.1 Å². The van der Waals surface area contributed by atoms with Crippen LogP contribution in [0.25, 0.3) is 10.8 Å². The van der Waals surface area contributed by atoms with Gasteiger partial charge in [-0.25, -0.2) is 0 Å². The van der Waals surface area contributed by atoms with Gasteiger partial charge in [-0.1, -0.05) is 18.2 Å². The molecule has 1 heterocycles. The molecule has 2 aromatic rings. The minimum Gasteiger partial charge on any atom is -0.491 e. The van der Waals surface area contributed by atoms with E-state index in [1.807, 2.05) is 19.9 Å². The molecule has 0 radical (unpaired) electrons. The van der Waals surface area contributed by atoms with Crippen molar-refractivity contribution in [2.75, 3.05) is 0 Å². The molecular weight excluding hydrogens is 357 g/mol. The number of hydrogen-bond acceptors (Lipinski definition) is 3. The Kier molecular flexibility index (Phi) is 4.84. The first-order valence-electron chi connectivity index (χ1n) is 8.83. The van der Waals surface area contributed by atoms with Crippen LogP contribution in [-0.2, 0) is 4.79 Å². The molecule has 0 bridgehead atoms. The summed E-state index contributed by atoms with van der Waals surface area (Å²) in [5.41, 5.74) is 1.51. The van der Waals surface area contributed by atoms with E-state index in [2.05, 4.69) is 5.43 Å². The molecule has 3 rings (SSSR count). The van der Waals surface area contributed by atoms with E-state index >= 15 is 0 Å². The molecule has 1 aliphatic rings. The number of nitrogens with one attached hydrogen (secondary N) is 1. The van der Waals surface area contributed by atoms with Crippen molar-refractivity contribution in [1.29, 1.82) is 0 Å². The normalized spacial score (nSPS) is 18.7. The summed E-state index contributed by atoms with van der Waals surface area (Å²) >= 11 is 0. The number of ether oxygens (including phenoxy) is 1. The van der Waals surface area contributed by atoms with Crippen LogP contribution in [0.5, 0.6) is 5.75 Å². The summed E-state index contributed by atoms with van der Waals surface area (Å²) in [5.74, 6) is 0.190. The first-order valence-corrected chi connectivity index (χ1v) is 8.83. The number of rotatable bonds is 4. The molecular formula is C20H23F3N2O2. The van der Waals surface area contributed by atoms with Crippen molar-refractivity contribution in [2.24, 2.45) is 0 Å². The topological polar surface area (TPSA) is 41.6 Å². The third-order valence-corrected chi connectivity index (χ3v) is 4.58. The van der Waals surface area contributed by atoms with Gasteiger partial charge in [-0.3, -0.25) is 10.2 Å². The summed E-state index contributed by atoms with van der Waals surface area (Å²) in [4.78, 5) is 11.8. The minimum absolute atomic E-state index is 0.0134. The van der Waals surface area contributed by atoms with Gasteiger partial charge in [0.1, 0.15) is 5.75 Å². The van der Waals surface area contributed by atoms with Gasteiger partial charge in [-0.15, -0.1) is 0 Å². The fraction of sp³-hybridized carbons (Fsp3) is 0.450. The van der Waals surface area contributed by atoms with Crippen LogP contribution in [0.15, 0.2) is 36.4 Å². The lowest BCUT2D eigenvalue weighted by Gasteiger charge is -2.38. The summed E-state index contributed by atoms with van der Waals surface area (Å²) in [6, 6.07) is 8.06. The smallest absolute Gasteiger partial charge is 0.409 e. The van der Waals surface area contributed by atoms with Crippen LogP contribution < -0.4 is 10.2 Å². The van der Waals surface area contributed by atoms with E-state index in [4.69, 9.17) is 4.74 Å². The number of halogens is 3. The Balaban J connectivity index is 2.07. The van der Waals surface area contributed by atoms with Crippen molar-refractivity contribution in [3.63, 3.8) is 0 Å². The highest BCUT2D eigenvalue weighted by Crippen LogP contribution is 2.43. The molecule has 1 N–H and O–H groups in total. The van der Waals surface area contributed by atoms with Crippen molar-refractivity contribution in [3.8, 4) is 5.75 Å². The Morgan fingerprint density at radius 2 is 1.78 bits per heavy atom. The fourth-order valence-electron chi connectivity index (χ4n) is 3.46. The molecule has 1 saturated heterocycles. The molecule has 1 atom stereocenters. The van der Waals surface area contributed by atoms with Gasteiger partial charge in [0, 0.05) is 12.0 Å². The third kappa shape index (κ3) is 4.03. The van der Waals surface area contributed by atoms with Crippen LogP contribution in [-0.4, -0.2) is 28.7 Å². The summed E-state index contributed by atoms with van der Waals surface area (Å²) < 4.78 is 47.5. The van der Waals surface area contributed by atoms with Crippen LogP contribution in [0.4, 0.5) is 13.2 Å². The summed E-state index contributed by atoms with van der Waals surface area (Å²) in [6.07, 6.45) is -4.57. The second-order valence-corrected chi connectivity index (χ2v) is 7.77. The number of hydrazine groups is 1. The molecule has 1 aliphatic heterocycles. The van der Waals surface area contributed by atoms with Crippen LogP contribution in [0.2, 0.25) is 0 Å². The maximum atomic E-state index is 14.0. The van der Waals surface area contributed by atoms with E-state index in [1.165, 1.54) is 12.1 Å². The lowest BCUT2D eigenvalue weighted by Crippen LogP contribution is -2.51. The number of hydrogen-bond donors (Lipinski definition) is 1. The number of carbonyl (C=O) groups is 1. The van der Waals surface area contributed by atoms with Crippen molar-refractivity contribution < 1.29 is 22.7 Å². The molecule has 0 saturated carbocycles. The first-order chi connectivity index (χ1) is 12.5. The summed E-state index contributed by atoms with van der Waals surface area (Å²) in [6.45, 7) is 7.02. The maximum Gasteiger partial charge on any atom is 0.409 e. The molecule has 0 aliphatic carbocycles. The molecule has 0 aromatic heterocycles. The Bertz CT molecular complexity index is 862. The molecule has 2 aromatic carbocycles. The molecule has 7 heteroatoms. The highest BCUT2D eigenvalue weighted by atomic mass is 19.4. The molecule has 146 valence electrons. The Morgan fingerprint density at radius 3 is 2.33 bits per heavy atom. The second kappa shape index (κ2) is 6.71. The van der Waals surface area contributed by atoms with E-state index in [0.717, 1.165) is 10.4 Å². The van der Waals surface area contributed by atoms with E-state index in [1.54, 1.807) is 32.0 Å². The quantitative estimate of drug-likeness (QED) is 0.833. The van der Waals surface area contributed by atoms with Crippen LogP contribution >= 0.6 is 0 Å². The number of benzene rings is 2. The highest BCUT2D eigenvalue weighted by molar-refractivity contribution is 5.85. The zero-order chi connectivity index (χ0) is 20.0. The van der Waals surface area contributed by atoms with Crippen LogP contribution in [0.1, 0.15) is 45.7 Å². The molecule has 0 unspecified atom stereocenters. The Labute approximate surface area is 156 Å². The molecule has 1 amide bonds. The lowest BCUT2D eigenvalue weighted by atomic mass is 9.95. The molecule has 0 spiro atoms. The SMILES string of the molecule is CC(C)Oc1ccc2ccc([C@H](N3NC(=O)CC3(C)C)C(F)(F)F)cc2c1. The zero-order valence-corrected chi connectivity index (χ0v) is 15.7. The van der Waals surface area contributed by atoms with E-state index in [9.17, 15) is 18.0 Å². The predicted molar refractivity (Wildman–Crippen MR) is 97.2 cm³/mol. The number of carbonyl (C=O) groups excluding carboxylic acids is 1. The van der Waals surface area contributed by atoms with Crippen molar-refractivity contribution in [3.05, 3.63) is 42.0 Å². The predicted octanol–water partition coefficient (Wildman–Crippen LogP) is 4.75.